The molecule has 0 aromatic carbocycles. The number of ether oxygens (including phenoxy) is 1. The van der Waals surface area contributed by atoms with Crippen molar-refractivity contribution in [1.82, 2.24) is 15.5 Å². The molecular formula is C18H38N4O3S. The Morgan fingerprint density at radius 1 is 1.31 bits per heavy atom. The maximum Gasteiger partial charge on any atom is 0.191 e. The Balaban J connectivity index is 2.68. The molecule has 8 heteroatoms. The Morgan fingerprint density at radius 2 is 1.88 bits per heavy atom. The molecule has 0 amide bonds. The van der Waals surface area contributed by atoms with E-state index in [1.54, 1.807) is 0 Å². The highest BCUT2D eigenvalue weighted by molar-refractivity contribution is 7.90. The van der Waals surface area contributed by atoms with E-state index >= 15 is 0 Å². The highest BCUT2D eigenvalue weighted by atomic mass is 32.2. The van der Waals surface area contributed by atoms with Crippen molar-refractivity contribution in [1.29, 1.82) is 0 Å². The van der Waals surface area contributed by atoms with Gasteiger partial charge in [-0.25, -0.2) is 8.42 Å². The minimum absolute atomic E-state index is 0.0362. The summed E-state index contributed by atoms with van der Waals surface area (Å²) in [7, 11) is -2.95. The lowest BCUT2D eigenvalue weighted by molar-refractivity contribution is -0.0939. The Morgan fingerprint density at radius 3 is 2.38 bits per heavy atom. The smallest absolute Gasteiger partial charge is 0.191 e. The first-order valence-corrected chi connectivity index (χ1v) is 11.6. The summed E-state index contributed by atoms with van der Waals surface area (Å²) < 4.78 is 28.5. The summed E-state index contributed by atoms with van der Waals surface area (Å²) in [6, 6.07) is 0.0362. The zero-order valence-electron chi connectivity index (χ0n) is 17.5. The molecule has 2 N–H and O–H groups in total. The Hall–Kier alpha value is -0.860. The van der Waals surface area contributed by atoms with Gasteiger partial charge in [-0.3, -0.25) is 9.89 Å². The first kappa shape index (κ1) is 23.2. The lowest BCUT2D eigenvalue weighted by atomic mass is 10.0. The highest BCUT2D eigenvalue weighted by Crippen LogP contribution is 2.21. The van der Waals surface area contributed by atoms with E-state index in [1.165, 1.54) is 6.26 Å². The van der Waals surface area contributed by atoms with Crippen molar-refractivity contribution >= 4 is 15.8 Å². The van der Waals surface area contributed by atoms with Crippen molar-refractivity contribution in [2.45, 2.75) is 71.8 Å². The molecule has 0 aliphatic carbocycles. The van der Waals surface area contributed by atoms with Gasteiger partial charge in [-0.2, -0.15) is 0 Å². The first-order valence-electron chi connectivity index (χ1n) is 9.56. The largest absolute Gasteiger partial charge is 0.373 e. The fourth-order valence-electron chi connectivity index (χ4n) is 3.06. The van der Waals surface area contributed by atoms with Crippen LogP contribution in [0, 0.1) is 0 Å². The number of nitrogens with one attached hydrogen (secondary N) is 2. The third-order valence-corrected chi connectivity index (χ3v) is 5.53. The molecule has 1 rings (SSSR count). The molecule has 3 unspecified atom stereocenters. The molecule has 0 aromatic rings. The average Bonchev–Trinajstić information content (AvgIpc) is 2.49. The number of hydrogen-bond donors (Lipinski definition) is 2. The molecule has 7 nitrogen and oxygen atoms in total. The van der Waals surface area contributed by atoms with Crippen LogP contribution in [-0.4, -0.2) is 81.3 Å². The monoisotopic (exact) mass is 390 g/mol. The summed E-state index contributed by atoms with van der Waals surface area (Å²) in [5.74, 6) is 0.909. The van der Waals surface area contributed by atoms with Gasteiger partial charge in [0.2, 0.25) is 0 Å². The van der Waals surface area contributed by atoms with E-state index in [0.29, 0.717) is 13.0 Å². The van der Waals surface area contributed by atoms with Crippen molar-refractivity contribution < 1.29 is 13.2 Å². The van der Waals surface area contributed by atoms with Crippen LogP contribution in [0.3, 0.4) is 0 Å². The summed E-state index contributed by atoms with van der Waals surface area (Å²) >= 11 is 0. The molecular weight excluding hydrogens is 352 g/mol. The van der Waals surface area contributed by atoms with Crippen LogP contribution in [0.4, 0.5) is 0 Å². The lowest BCUT2D eigenvalue weighted by Crippen LogP contribution is -2.56. The normalized spacial score (nSPS) is 24.3. The Kier molecular flexibility index (Phi) is 8.82. The van der Waals surface area contributed by atoms with Crippen LogP contribution in [0.1, 0.15) is 48.0 Å². The summed E-state index contributed by atoms with van der Waals surface area (Å²) in [6.45, 7) is 15.9. The van der Waals surface area contributed by atoms with E-state index in [9.17, 15) is 8.42 Å². The van der Waals surface area contributed by atoms with Gasteiger partial charge in [0.05, 0.1) is 24.5 Å². The van der Waals surface area contributed by atoms with Gasteiger partial charge < -0.3 is 15.4 Å². The number of aliphatic imine (C=N–C) groups is 1. The standard InChI is InChI=1S/C18H38N4O3S/c1-8-19-17(21-14(2)9-10-26(7,23)24)20-13-18(5,6)22-11-15(3)25-16(4)12-22/h14-16H,8-13H2,1-7H3,(H2,19,20,21). The van der Waals surface area contributed by atoms with Crippen molar-refractivity contribution in [3.05, 3.63) is 0 Å². The summed E-state index contributed by atoms with van der Waals surface area (Å²) in [5.41, 5.74) is -0.0787. The molecule has 0 radical (unpaired) electrons. The Labute approximate surface area is 159 Å². The third kappa shape index (κ3) is 8.68. The van der Waals surface area contributed by atoms with Crippen LogP contribution in [-0.2, 0) is 14.6 Å². The van der Waals surface area contributed by atoms with Crippen molar-refractivity contribution in [3.8, 4) is 0 Å². The summed E-state index contributed by atoms with van der Waals surface area (Å²) in [4.78, 5) is 7.19. The van der Waals surface area contributed by atoms with Crippen LogP contribution in [0.5, 0.6) is 0 Å². The van der Waals surface area contributed by atoms with Gasteiger partial charge in [-0.05, 0) is 48.0 Å². The summed E-state index contributed by atoms with van der Waals surface area (Å²) in [6.07, 6.45) is 2.28. The van der Waals surface area contributed by atoms with Gasteiger partial charge in [0.15, 0.2) is 5.96 Å². The molecule has 1 aliphatic rings. The van der Waals surface area contributed by atoms with Crippen molar-refractivity contribution in [3.63, 3.8) is 0 Å². The fourth-order valence-corrected chi connectivity index (χ4v) is 3.84. The molecule has 0 bridgehead atoms. The lowest BCUT2D eigenvalue weighted by Gasteiger charge is -2.44. The SMILES string of the molecule is CCNC(=NCC(C)(C)N1CC(C)OC(C)C1)NC(C)CCS(C)(=O)=O. The predicted octanol–water partition coefficient (Wildman–Crippen LogP) is 1.25. The third-order valence-electron chi connectivity index (χ3n) is 4.55. The molecule has 1 fully saturated rings. The maximum atomic E-state index is 11.3. The van der Waals surface area contributed by atoms with Crippen molar-refractivity contribution in [2.75, 3.05) is 38.2 Å². The van der Waals surface area contributed by atoms with Crippen LogP contribution < -0.4 is 10.6 Å². The zero-order valence-corrected chi connectivity index (χ0v) is 18.3. The van der Waals surface area contributed by atoms with E-state index in [-0.39, 0.29) is 29.5 Å². The van der Waals surface area contributed by atoms with Gasteiger partial charge in [-0.15, -0.1) is 0 Å². The van der Waals surface area contributed by atoms with Gasteiger partial charge in [0.1, 0.15) is 9.84 Å². The topological polar surface area (TPSA) is 83.0 Å². The molecule has 154 valence electrons. The number of morpholine rings is 1. The van der Waals surface area contributed by atoms with E-state index in [4.69, 9.17) is 9.73 Å². The Bertz CT molecular complexity index is 553. The summed E-state index contributed by atoms with van der Waals surface area (Å²) in [5, 5.41) is 6.56. The predicted molar refractivity (Wildman–Crippen MR) is 109 cm³/mol. The first-order chi connectivity index (χ1) is 11.9. The highest BCUT2D eigenvalue weighted by Gasteiger charge is 2.33. The van der Waals surface area contributed by atoms with Gasteiger partial charge in [0, 0.05) is 37.5 Å². The second kappa shape index (κ2) is 9.90. The number of guanidine groups is 1. The molecule has 0 saturated carbocycles. The average molecular weight is 391 g/mol. The van der Waals surface area contributed by atoms with Gasteiger partial charge in [-0.1, -0.05) is 0 Å². The second-order valence-corrected chi connectivity index (χ2v) is 10.4. The molecule has 1 heterocycles. The number of hydrogen-bond acceptors (Lipinski definition) is 5. The second-order valence-electron chi connectivity index (χ2n) is 8.13. The van der Waals surface area contributed by atoms with E-state index in [2.05, 4.69) is 43.2 Å². The van der Waals surface area contributed by atoms with Crippen LogP contribution in [0.2, 0.25) is 0 Å². The van der Waals surface area contributed by atoms with E-state index in [0.717, 1.165) is 25.6 Å². The molecule has 0 aromatic heterocycles. The molecule has 3 atom stereocenters. The van der Waals surface area contributed by atoms with Gasteiger partial charge in [0.25, 0.3) is 0 Å². The van der Waals surface area contributed by atoms with Crippen molar-refractivity contribution in [2.24, 2.45) is 4.99 Å². The van der Waals surface area contributed by atoms with E-state index < -0.39 is 9.84 Å². The number of nitrogens with zero attached hydrogens (tertiary/aromatic N) is 2. The van der Waals surface area contributed by atoms with Gasteiger partial charge >= 0.3 is 0 Å². The van der Waals surface area contributed by atoms with Crippen LogP contribution in [0.25, 0.3) is 0 Å². The number of sulfone groups is 1. The van der Waals surface area contributed by atoms with Crippen LogP contribution in [0.15, 0.2) is 4.99 Å². The quantitative estimate of drug-likeness (QED) is 0.479. The maximum absolute atomic E-state index is 11.3. The molecule has 26 heavy (non-hydrogen) atoms. The minimum atomic E-state index is -2.95. The molecule has 1 saturated heterocycles. The van der Waals surface area contributed by atoms with E-state index in [1.807, 2.05) is 13.8 Å². The van der Waals surface area contributed by atoms with Crippen LogP contribution >= 0.6 is 0 Å². The number of rotatable bonds is 8. The zero-order chi connectivity index (χ0) is 20.0. The fraction of sp³-hybridized carbons (Fsp3) is 0.944. The minimum Gasteiger partial charge on any atom is -0.373 e. The molecule has 0 spiro atoms. The molecule has 1 aliphatic heterocycles.